The molecule has 1 aromatic carbocycles. The van der Waals surface area contributed by atoms with Gasteiger partial charge in [-0.2, -0.15) is 13.2 Å². The number of hydrogen-bond acceptors (Lipinski definition) is 5. The second-order valence-corrected chi connectivity index (χ2v) is 11.0. The molecule has 1 fully saturated rings. The van der Waals surface area contributed by atoms with Gasteiger partial charge in [0.05, 0.1) is 21.9 Å². The Kier molecular flexibility index (Phi) is 8.21. The van der Waals surface area contributed by atoms with E-state index in [1.807, 2.05) is 0 Å². The van der Waals surface area contributed by atoms with Gasteiger partial charge in [-0.3, -0.25) is 4.79 Å². The third-order valence-electron chi connectivity index (χ3n) is 5.36. The Bertz CT molecular complexity index is 1040. The number of nitrogens with one attached hydrogen (secondary N) is 1. The molecule has 1 saturated carbocycles. The summed E-state index contributed by atoms with van der Waals surface area (Å²) in [6, 6.07) is 7.12. The number of anilines is 1. The van der Waals surface area contributed by atoms with Crippen LogP contribution in [-0.4, -0.2) is 30.8 Å². The molecule has 0 unspecified atom stereocenters. The zero-order valence-electron chi connectivity index (χ0n) is 17.4. The van der Waals surface area contributed by atoms with E-state index in [1.54, 1.807) is 18.3 Å². The number of hydrogen-bond donors (Lipinski definition) is 1. The zero-order valence-corrected chi connectivity index (χ0v) is 19.0. The highest BCUT2D eigenvalue weighted by molar-refractivity contribution is 8.00. The van der Waals surface area contributed by atoms with E-state index in [2.05, 4.69) is 10.3 Å². The lowest BCUT2D eigenvalue weighted by Crippen LogP contribution is -2.19. The lowest BCUT2D eigenvalue weighted by molar-refractivity contribution is -0.137. The van der Waals surface area contributed by atoms with Crippen LogP contribution < -0.4 is 5.32 Å². The highest BCUT2D eigenvalue weighted by Crippen LogP contribution is 2.32. The highest BCUT2D eigenvalue weighted by Gasteiger charge is 2.31. The number of nitrogens with zero attached hydrogens (tertiary/aromatic N) is 1. The van der Waals surface area contributed by atoms with Crippen molar-refractivity contribution < 1.29 is 26.4 Å². The van der Waals surface area contributed by atoms with E-state index in [0.717, 1.165) is 55.6 Å². The second kappa shape index (κ2) is 10.7. The normalized spacial score (nSPS) is 15.5. The summed E-state index contributed by atoms with van der Waals surface area (Å²) < 4.78 is 63.7. The lowest BCUT2D eigenvalue weighted by atomic mass is 9.87. The van der Waals surface area contributed by atoms with Crippen molar-refractivity contribution in [2.75, 3.05) is 16.8 Å². The third kappa shape index (κ3) is 6.96. The number of thioether (sulfide) groups is 1. The van der Waals surface area contributed by atoms with Gasteiger partial charge in [0.1, 0.15) is 5.03 Å². The smallest absolute Gasteiger partial charge is 0.324 e. The van der Waals surface area contributed by atoms with Crippen LogP contribution in [0.4, 0.5) is 18.9 Å². The first-order chi connectivity index (χ1) is 15.1. The molecule has 0 atom stereocenters. The van der Waals surface area contributed by atoms with Crippen molar-refractivity contribution in [2.24, 2.45) is 5.92 Å². The van der Waals surface area contributed by atoms with Crippen LogP contribution in [0.5, 0.6) is 0 Å². The Balaban J connectivity index is 1.59. The summed E-state index contributed by atoms with van der Waals surface area (Å²) in [6.07, 6.45) is 2.98. The number of carbonyl (C=O) groups is 1. The number of aromatic nitrogens is 1. The van der Waals surface area contributed by atoms with Gasteiger partial charge in [0, 0.05) is 18.4 Å². The largest absolute Gasteiger partial charge is 0.416 e. The number of halogens is 3. The molecule has 1 aliphatic rings. The number of pyridine rings is 1. The van der Waals surface area contributed by atoms with Crippen molar-refractivity contribution in [1.29, 1.82) is 0 Å². The maximum atomic E-state index is 12.9. The average Bonchev–Trinajstić information content (AvgIpc) is 2.75. The van der Waals surface area contributed by atoms with Crippen molar-refractivity contribution in [3.05, 3.63) is 48.2 Å². The number of alkyl halides is 3. The van der Waals surface area contributed by atoms with Crippen LogP contribution in [0.1, 0.15) is 44.1 Å². The fourth-order valence-corrected chi connectivity index (χ4v) is 6.33. The molecule has 32 heavy (non-hydrogen) atoms. The quantitative estimate of drug-likeness (QED) is 0.494. The maximum Gasteiger partial charge on any atom is 0.416 e. The Morgan fingerprint density at radius 1 is 1.12 bits per heavy atom. The highest BCUT2D eigenvalue weighted by atomic mass is 32.2. The summed E-state index contributed by atoms with van der Waals surface area (Å²) in [5.74, 6) is 0.0176. The van der Waals surface area contributed by atoms with Gasteiger partial charge in [0.2, 0.25) is 5.91 Å². The minimum atomic E-state index is -4.61. The van der Waals surface area contributed by atoms with Crippen molar-refractivity contribution in [3.8, 4) is 0 Å². The van der Waals surface area contributed by atoms with Gasteiger partial charge in [0.25, 0.3) is 0 Å². The van der Waals surface area contributed by atoms with Crippen LogP contribution in [0.2, 0.25) is 0 Å². The summed E-state index contributed by atoms with van der Waals surface area (Å²) >= 11 is 1.14. The molecule has 2 aromatic rings. The van der Waals surface area contributed by atoms with Crippen LogP contribution in [0.25, 0.3) is 0 Å². The van der Waals surface area contributed by atoms with Gasteiger partial charge >= 0.3 is 6.18 Å². The molecule has 0 spiro atoms. The van der Waals surface area contributed by atoms with Crippen molar-refractivity contribution in [2.45, 2.75) is 54.6 Å². The molecular formula is C22H25F3N2O3S2. The van der Waals surface area contributed by atoms with Gasteiger partial charge in [-0.05, 0) is 49.1 Å². The minimum absolute atomic E-state index is 0.0844. The van der Waals surface area contributed by atoms with Crippen LogP contribution in [0, 0.1) is 5.92 Å². The zero-order chi connectivity index (χ0) is 23.2. The van der Waals surface area contributed by atoms with Gasteiger partial charge in [-0.15, -0.1) is 11.8 Å². The summed E-state index contributed by atoms with van der Waals surface area (Å²) in [5, 5.41) is 3.34. The van der Waals surface area contributed by atoms with Crippen LogP contribution in [0.3, 0.4) is 0 Å². The lowest BCUT2D eigenvalue weighted by Gasteiger charge is -2.21. The minimum Gasteiger partial charge on any atom is -0.324 e. The van der Waals surface area contributed by atoms with Gasteiger partial charge in [0.15, 0.2) is 9.84 Å². The van der Waals surface area contributed by atoms with E-state index >= 15 is 0 Å². The molecule has 1 aliphatic carbocycles. The standard InChI is InChI=1S/C22H25F3N2O3S2/c23-22(24,25)17-8-4-9-18(15-17)32(29,30)13-12-31-21-19(10-5-11-26-21)27-20(28)14-16-6-2-1-3-7-16/h4-5,8-11,15-16H,1-3,6-7,12-14H2,(H,27,28). The molecule has 0 aliphatic heterocycles. The molecule has 1 amide bonds. The number of rotatable bonds is 8. The van der Waals surface area contributed by atoms with Crippen molar-refractivity contribution in [3.63, 3.8) is 0 Å². The Hall–Kier alpha value is -2.07. The van der Waals surface area contributed by atoms with E-state index < -0.39 is 21.6 Å². The SMILES string of the molecule is O=C(CC1CCCCC1)Nc1cccnc1SCCS(=O)(=O)c1cccc(C(F)(F)F)c1. The molecule has 0 radical (unpaired) electrons. The van der Waals surface area contributed by atoms with Crippen LogP contribution >= 0.6 is 11.8 Å². The summed E-state index contributed by atoms with van der Waals surface area (Å²) in [6.45, 7) is 0. The number of sulfone groups is 1. The Labute approximate surface area is 190 Å². The number of carbonyl (C=O) groups excluding carboxylic acids is 1. The summed E-state index contributed by atoms with van der Waals surface area (Å²) in [4.78, 5) is 16.3. The topological polar surface area (TPSA) is 76.1 Å². The maximum absolute atomic E-state index is 12.9. The first kappa shape index (κ1) is 24.6. The fraction of sp³-hybridized carbons (Fsp3) is 0.455. The molecule has 10 heteroatoms. The predicted octanol–water partition coefficient (Wildman–Crippen LogP) is 5.58. The summed E-state index contributed by atoms with van der Waals surface area (Å²) in [5.41, 5.74) is -0.492. The monoisotopic (exact) mass is 486 g/mol. The fourth-order valence-electron chi connectivity index (χ4n) is 3.69. The Morgan fingerprint density at radius 3 is 2.59 bits per heavy atom. The van der Waals surface area contributed by atoms with Crippen molar-refractivity contribution in [1.82, 2.24) is 4.98 Å². The van der Waals surface area contributed by atoms with E-state index in [0.29, 0.717) is 29.1 Å². The molecule has 1 N–H and O–H groups in total. The molecular weight excluding hydrogens is 461 g/mol. The second-order valence-electron chi connectivity index (χ2n) is 7.81. The van der Waals surface area contributed by atoms with E-state index in [-0.39, 0.29) is 22.3 Å². The Morgan fingerprint density at radius 2 is 1.88 bits per heavy atom. The molecule has 5 nitrogen and oxygen atoms in total. The first-order valence-corrected chi connectivity index (χ1v) is 13.1. The van der Waals surface area contributed by atoms with Crippen LogP contribution in [0.15, 0.2) is 52.5 Å². The first-order valence-electron chi connectivity index (χ1n) is 10.4. The third-order valence-corrected chi connectivity index (χ3v) is 8.33. The average molecular weight is 487 g/mol. The molecule has 174 valence electrons. The number of benzene rings is 1. The summed E-state index contributed by atoms with van der Waals surface area (Å²) in [7, 11) is -3.90. The van der Waals surface area contributed by atoms with E-state index in [9.17, 15) is 26.4 Å². The predicted molar refractivity (Wildman–Crippen MR) is 118 cm³/mol. The molecule has 1 aromatic heterocycles. The van der Waals surface area contributed by atoms with Gasteiger partial charge < -0.3 is 5.32 Å². The number of amides is 1. The van der Waals surface area contributed by atoms with Gasteiger partial charge in [-0.25, -0.2) is 13.4 Å². The molecule has 0 bridgehead atoms. The van der Waals surface area contributed by atoms with E-state index in [1.165, 1.54) is 6.42 Å². The van der Waals surface area contributed by atoms with Crippen molar-refractivity contribution >= 4 is 33.2 Å². The van der Waals surface area contributed by atoms with Gasteiger partial charge in [-0.1, -0.05) is 25.3 Å². The van der Waals surface area contributed by atoms with Crippen LogP contribution in [-0.2, 0) is 20.8 Å². The molecule has 1 heterocycles. The molecule has 0 saturated heterocycles. The van der Waals surface area contributed by atoms with E-state index in [4.69, 9.17) is 0 Å². The molecule has 3 rings (SSSR count).